The van der Waals surface area contributed by atoms with E-state index in [9.17, 15) is 0 Å². The minimum atomic E-state index is 0.892. The first-order valence-electron chi connectivity index (χ1n) is 8.97. The molecular weight excluding hydrogens is 268 g/mol. The standard InChI is InChI=1S/C21H32O/c1-2-3-4-5-6-7-8-9-10-11-12-13-14-15-16-18-21-19-17-20-22-21/h12-20H,2-11H2,1H3. The second-order valence-corrected chi connectivity index (χ2v) is 5.80. The van der Waals surface area contributed by atoms with Crippen molar-refractivity contribution in [2.45, 2.75) is 71.1 Å². The van der Waals surface area contributed by atoms with E-state index in [1.807, 2.05) is 30.4 Å². The van der Waals surface area contributed by atoms with Crippen LogP contribution in [-0.4, -0.2) is 0 Å². The van der Waals surface area contributed by atoms with Crippen LogP contribution in [0.5, 0.6) is 0 Å². The van der Waals surface area contributed by atoms with E-state index in [1.54, 1.807) is 6.26 Å². The maximum Gasteiger partial charge on any atom is 0.126 e. The summed E-state index contributed by atoms with van der Waals surface area (Å²) in [6.07, 6.45) is 27.9. The van der Waals surface area contributed by atoms with E-state index in [1.165, 1.54) is 64.2 Å². The van der Waals surface area contributed by atoms with Crippen molar-refractivity contribution in [3.63, 3.8) is 0 Å². The fraction of sp³-hybridized carbons (Fsp3) is 0.524. The number of hydrogen-bond donors (Lipinski definition) is 0. The molecule has 1 heteroatoms. The summed E-state index contributed by atoms with van der Waals surface area (Å²) in [6.45, 7) is 2.28. The smallest absolute Gasteiger partial charge is 0.126 e. The van der Waals surface area contributed by atoms with Crippen LogP contribution in [0.3, 0.4) is 0 Å². The molecule has 122 valence electrons. The van der Waals surface area contributed by atoms with Crippen LogP contribution in [0.2, 0.25) is 0 Å². The van der Waals surface area contributed by atoms with E-state index >= 15 is 0 Å². The van der Waals surface area contributed by atoms with Crippen LogP contribution in [-0.2, 0) is 0 Å². The fourth-order valence-electron chi connectivity index (χ4n) is 2.41. The highest BCUT2D eigenvalue weighted by atomic mass is 16.3. The van der Waals surface area contributed by atoms with Crippen molar-refractivity contribution in [1.82, 2.24) is 0 Å². The Bertz CT molecular complexity index is 409. The Balaban J connectivity index is 1.87. The Morgan fingerprint density at radius 1 is 0.818 bits per heavy atom. The molecular formula is C21H32O. The molecule has 0 aliphatic rings. The van der Waals surface area contributed by atoms with Gasteiger partial charge in [-0.3, -0.25) is 0 Å². The molecule has 22 heavy (non-hydrogen) atoms. The van der Waals surface area contributed by atoms with Crippen LogP contribution in [0.1, 0.15) is 76.9 Å². The van der Waals surface area contributed by atoms with Crippen molar-refractivity contribution in [3.8, 4) is 0 Å². The maximum absolute atomic E-state index is 5.21. The zero-order chi connectivity index (χ0) is 15.7. The average molecular weight is 300 g/mol. The van der Waals surface area contributed by atoms with Gasteiger partial charge in [-0.05, 0) is 31.1 Å². The molecule has 0 unspecified atom stereocenters. The third-order valence-electron chi connectivity index (χ3n) is 3.75. The highest BCUT2D eigenvalue weighted by Gasteiger charge is 1.90. The number of rotatable bonds is 13. The summed E-state index contributed by atoms with van der Waals surface area (Å²) < 4.78 is 5.21. The van der Waals surface area contributed by atoms with Crippen LogP contribution in [0.4, 0.5) is 0 Å². The van der Waals surface area contributed by atoms with Gasteiger partial charge in [0.1, 0.15) is 5.76 Å². The minimum Gasteiger partial charge on any atom is -0.465 e. The first kappa shape index (κ1) is 18.5. The summed E-state index contributed by atoms with van der Waals surface area (Å²) in [7, 11) is 0. The maximum atomic E-state index is 5.21. The zero-order valence-corrected chi connectivity index (χ0v) is 14.2. The Kier molecular flexibility index (Phi) is 12.2. The molecule has 0 aromatic carbocycles. The van der Waals surface area contributed by atoms with Crippen molar-refractivity contribution in [1.29, 1.82) is 0 Å². The number of unbranched alkanes of at least 4 members (excludes halogenated alkanes) is 9. The van der Waals surface area contributed by atoms with Gasteiger partial charge >= 0.3 is 0 Å². The van der Waals surface area contributed by atoms with E-state index in [-0.39, 0.29) is 0 Å². The van der Waals surface area contributed by atoms with Gasteiger partial charge in [0.25, 0.3) is 0 Å². The highest BCUT2D eigenvalue weighted by Crippen LogP contribution is 2.10. The molecule has 0 spiro atoms. The normalized spacial score (nSPS) is 12.2. The Hall–Kier alpha value is -1.50. The Labute approximate surface area is 136 Å². The molecule has 1 heterocycles. The highest BCUT2D eigenvalue weighted by molar-refractivity contribution is 5.44. The van der Waals surface area contributed by atoms with Crippen LogP contribution >= 0.6 is 0 Å². The van der Waals surface area contributed by atoms with E-state index in [4.69, 9.17) is 4.42 Å². The van der Waals surface area contributed by atoms with E-state index < -0.39 is 0 Å². The lowest BCUT2D eigenvalue weighted by Gasteiger charge is -2.00. The molecule has 0 saturated heterocycles. The van der Waals surface area contributed by atoms with Crippen molar-refractivity contribution in [2.75, 3.05) is 0 Å². The Morgan fingerprint density at radius 2 is 1.50 bits per heavy atom. The quantitative estimate of drug-likeness (QED) is 0.274. The molecule has 0 bridgehead atoms. The van der Waals surface area contributed by atoms with Crippen molar-refractivity contribution >= 4 is 6.08 Å². The van der Waals surface area contributed by atoms with Crippen LogP contribution in [0, 0.1) is 0 Å². The molecule has 0 N–H and O–H groups in total. The minimum absolute atomic E-state index is 0.892. The van der Waals surface area contributed by atoms with Crippen molar-refractivity contribution in [3.05, 3.63) is 54.5 Å². The zero-order valence-electron chi connectivity index (χ0n) is 14.2. The monoisotopic (exact) mass is 300 g/mol. The van der Waals surface area contributed by atoms with Gasteiger partial charge in [-0.25, -0.2) is 0 Å². The molecule has 0 amide bonds. The first-order valence-corrected chi connectivity index (χ1v) is 8.97. The van der Waals surface area contributed by atoms with Gasteiger partial charge in [0.2, 0.25) is 0 Å². The molecule has 0 aliphatic carbocycles. The molecule has 1 aromatic heterocycles. The SMILES string of the molecule is CCCCCCCCCCCC=CC=CC=Cc1ccco1. The molecule has 0 saturated carbocycles. The van der Waals surface area contributed by atoms with E-state index in [0.717, 1.165) is 5.76 Å². The lowest BCUT2D eigenvalue weighted by atomic mass is 10.1. The number of hydrogen-bond acceptors (Lipinski definition) is 1. The molecule has 1 nitrogen and oxygen atoms in total. The molecule has 0 fully saturated rings. The van der Waals surface area contributed by atoms with Crippen LogP contribution in [0.25, 0.3) is 6.08 Å². The summed E-state index contributed by atoms with van der Waals surface area (Å²) in [5, 5.41) is 0. The molecule has 0 atom stereocenters. The fourth-order valence-corrected chi connectivity index (χ4v) is 2.41. The summed E-state index contributed by atoms with van der Waals surface area (Å²) >= 11 is 0. The average Bonchev–Trinajstić information content (AvgIpc) is 3.04. The van der Waals surface area contributed by atoms with Gasteiger partial charge < -0.3 is 4.42 Å². The summed E-state index contributed by atoms with van der Waals surface area (Å²) in [5.74, 6) is 0.892. The van der Waals surface area contributed by atoms with Crippen LogP contribution in [0.15, 0.2) is 53.2 Å². The summed E-state index contributed by atoms with van der Waals surface area (Å²) in [6, 6.07) is 3.85. The van der Waals surface area contributed by atoms with Gasteiger partial charge in [0.05, 0.1) is 6.26 Å². The largest absolute Gasteiger partial charge is 0.465 e. The van der Waals surface area contributed by atoms with Crippen molar-refractivity contribution < 1.29 is 4.42 Å². The number of allylic oxidation sites excluding steroid dienone is 5. The van der Waals surface area contributed by atoms with Gasteiger partial charge in [0.15, 0.2) is 0 Å². The molecule has 0 radical (unpaired) electrons. The third kappa shape index (κ3) is 11.2. The molecule has 1 aromatic rings. The Morgan fingerprint density at radius 3 is 2.18 bits per heavy atom. The molecule has 1 rings (SSSR count). The lowest BCUT2D eigenvalue weighted by molar-refractivity contribution is 0.557. The van der Waals surface area contributed by atoms with Gasteiger partial charge in [-0.2, -0.15) is 0 Å². The third-order valence-corrected chi connectivity index (χ3v) is 3.75. The van der Waals surface area contributed by atoms with Gasteiger partial charge in [-0.1, -0.05) is 88.7 Å². The number of furan rings is 1. The topological polar surface area (TPSA) is 13.1 Å². The van der Waals surface area contributed by atoms with Gasteiger partial charge in [-0.15, -0.1) is 0 Å². The summed E-state index contributed by atoms with van der Waals surface area (Å²) in [4.78, 5) is 0. The van der Waals surface area contributed by atoms with Crippen LogP contribution < -0.4 is 0 Å². The van der Waals surface area contributed by atoms with Crippen molar-refractivity contribution in [2.24, 2.45) is 0 Å². The second-order valence-electron chi connectivity index (χ2n) is 5.80. The lowest BCUT2D eigenvalue weighted by Crippen LogP contribution is -1.80. The second kappa shape index (κ2) is 14.4. The predicted octanol–water partition coefficient (Wildman–Crippen LogP) is 7.33. The first-order chi connectivity index (χ1) is 10.9. The van der Waals surface area contributed by atoms with Gasteiger partial charge in [0, 0.05) is 0 Å². The van der Waals surface area contributed by atoms with E-state index in [0.29, 0.717) is 0 Å². The molecule has 0 aliphatic heterocycles. The summed E-state index contributed by atoms with van der Waals surface area (Å²) in [5.41, 5.74) is 0. The van der Waals surface area contributed by atoms with E-state index in [2.05, 4.69) is 25.2 Å². The predicted molar refractivity (Wildman–Crippen MR) is 97.9 cm³/mol.